The van der Waals surface area contributed by atoms with E-state index in [-0.39, 0.29) is 6.61 Å². The fraction of sp³-hybridized carbons (Fsp3) is 0.400. The third-order valence-electron chi connectivity index (χ3n) is 1.97. The van der Waals surface area contributed by atoms with Crippen molar-refractivity contribution in [2.75, 3.05) is 6.61 Å². The van der Waals surface area contributed by atoms with E-state index in [1.165, 1.54) is 6.92 Å². The van der Waals surface area contributed by atoms with Crippen LogP contribution in [0, 0.1) is 0 Å². The summed E-state index contributed by atoms with van der Waals surface area (Å²) in [6.45, 7) is 1.28. The maximum Gasteiger partial charge on any atom is 0.434 e. The smallest absolute Gasteiger partial charge is 0.434 e. The molecule has 19 heavy (non-hydrogen) atoms. The first-order valence-corrected chi connectivity index (χ1v) is 5.29. The van der Waals surface area contributed by atoms with Crippen molar-refractivity contribution in [3.8, 4) is 0 Å². The van der Waals surface area contributed by atoms with E-state index in [0.717, 1.165) is 0 Å². The molecule has 0 unspecified atom stereocenters. The number of nitrogens with zero attached hydrogens (tertiary/aromatic N) is 1. The average Bonchev–Trinajstić information content (AvgIpc) is 2.27. The monoisotopic (exact) mass is 303 g/mol. The Bertz CT molecular complexity index is 490. The van der Waals surface area contributed by atoms with E-state index in [1.807, 2.05) is 0 Å². The lowest BCUT2D eigenvalue weighted by molar-refractivity contribution is -0.141. The Hall–Kier alpha value is -1.44. The van der Waals surface area contributed by atoms with Gasteiger partial charge >= 0.3 is 12.1 Å². The highest BCUT2D eigenvalue weighted by atomic mass is 35.5. The highest BCUT2D eigenvalue weighted by molar-refractivity contribution is 6.32. The van der Waals surface area contributed by atoms with Crippen LogP contribution in [0.1, 0.15) is 35.1 Å². The maximum atomic E-state index is 12.6. The van der Waals surface area contributed by atoms with E-state index in [9.17, 15) is 26.7 Å². The fourth-order valence-electron chi connectivity index (χ4n) is 1.21. The first-order chi connectivity index (χ1) is 8.68. The standard InChI is InChI=1S/C10H7ClF5NO2/c1-2-19-9(18)5-3-4(8(12)13)6(11)7(17-5)10(14,15)16/h3,8H,2H2,1H3. The number of rotatable bonds is 3. The molecule has 0 bridgehead atoms. The minimum Gasteiger partial charge on any atom is -0.461 e. The van der Waals surface area contributed by atoms with Gasteiger partial charge in [-0.05, 0) is 13.0 Å². The van der Waals surface area contributed by atoms with Gasteiger partial charge in [0.1, 0.15) is 5.69 Å². The summed E-state index contributed by atoms with van der Waals surface area (Å²) in [5, 5.41) is -1.23. The van der Waals surface area contributed by atoms with Gasteiger partial charge in [-0.2, -0.15) is 13.2 Å². The Labute approximate surface area is 109 Å². The number of hydrogen-bond acceptors (Lipinski definition) is 3. The molecule has 0 saturated carbocycles. The van der Waals surface area contributed by atoms with Gasteiger partial charge in [-0.25, -0.2) is 18.6 Å². The zero-order valence-corrected chi connectivity index (χ0v) is 10.1. The third-order valence-corrected chi connectivity index (χ3v) is 2.37. The normalized spacial score (nSPS) is 11.8. The number of pyridine rings is 1. The Balaban J connectivity index is 3.44. The number of aromatic nitrogens is 1. The molecule has 1 aromatic rings. The zero-order chi connectivity index (χ0) is 14.8. The molecule has 0 atom stereocenters. The zero-order valence-electron chi connectivity index (χ0n) is 9.39. The minimum absolute atomic E-state index is 0.130. The molecule has 0 N–H and O–H groups in total. The Morgan fingerprint density at radius 2 is 2.05 bits per heavy atom. The average molecular weight is 304 g/mol. The van der Waals surface area contributed by atoms with Crippen LogP contribution in [0.25, 0.3) is 0 Å². The second kappa shape index (κ2) is 5.68. The second-order valence-corrected chi connectivity index (χ2v) is 3.66. The molecule has 0 fully saturated rings. The van der Waals surface area contributed by atoms with Crippen molar-refractivity contribution in [2.24, 2.45) is 0 Å². The van der Waals surface area contributed by atoms with Crippen molar-refractivity contribution in [1.82, 2.24) is 4.98 Å². The van der Waals surface area contributed by atoms with E-state index in [1.54, 1.807) is 0 Å². The fourth-order valence-corrected chi connectivity index (χ4v) is 1.49. The van der Waals surface area contributed by atoms with Crippen molar-refractivity contribution in [1.29, 1.82) is 0 Å². The Kier molecular flexibility index (Phi) is 4.67. The van der Waals surface area contributed by atoms with Crippen molar-refractivity contribution < 1.29 is 31.5 Å². The van der Waals surface area contributed by atoms with E-state index in [2.05, 4.69) is 9.72 Å². The molecule has 9 heteroatoms. The molecule has 106 valence electrons. The molecule has 0 aliphatic heterocycles. The molecule has 0 aromatic carbocycles. The Morgan fingerprint density at radius 3 is 2.47 bits per heavy atom. The van der Waals surface area contributed by atoms with Gasteiger partial charge in [-0.15, -0.1) is 0 Å². The minimum atomic E-state index is -5.05. The van der Waals surface area contributed by atoms with E-state index < -0.39 is 40.5 Å². The highest BCUT2D eigenvalue weighted by Gasteiger charge is 2.38. The quantitative estimate of drug-likeness (QED) is 0.628. The number of hydrogen-bond donors (Lipinski definition) is 0. The van der Waals surface area contributed by atoms with Crippen LogP contribution in [-0.4, -0.2) is 17.6 Å². The van der Waals surface area contributed by atoms with E-state index in [4.69, 9.17) is 11.6 Å². The van der Waals surface area contributed by atoms with Crippen molar-refractivity contribution >= 4 is 17.6 Å². The molecule has 1 heterocycles. The predicted octanol–water partition coefficient (Wildman–Crippen LogP) is 3.87. The summed E-state index contributed by atoms with van der Waals surface area (Å²) >= 11 is 5.23. The summed E-state index contributed by atoms with van der Waals surface area (Å²) in [7, 11) is 0. The van der Waals surface area contributed by atoms with Gasteiger partial charge in [0, 0.05) is 5.56 Å². The molecule has 0 amide bonds. The SMILES string of the molecule is CCOC(=O)c1cc(C(F)F)c(Cl)c(C(F)(F)F)n1. The number of esters is 1. The van der Waals surface area contributed by atoms with Crippen molar-refractivity contribution in [3.63, 3.8) is 0 Å². The van der Waals surface area contributed by atoms with Gasteiger partial charge in [0.15, 0.2) is 5.69 Å². The van der Waals surface area contributed by atoms with Crippen molar-refractivity contribution in [3.05, 3.63) is 28.0 Å². The molecule has 1 aromatic heterocycles. The van der Waals surface area contributed by atoms with Gasteiger partial charge in [0.25, 0.3) is 6.43 Å². The molecule has 3 nitrogen and oxygen atoms in total. The lowest BCUT2D eigenvalue weighted by atomic mass is 10.2. The van der Waals surface area contributed by atoms with Crippen LogP contribution in [0.2, 0.25) is 5.02 Å². The number of alkyl halides is 5. The summed E-state index contributed by atoms with van der Waals surface area (Å²) in [6.07, 6.45) is -8.33. The largest absolute Gasteiger partial charge is 0.461 e. The molecular formula is C10H7ClF5NO2. The second-order valence-electron chi connectivity index (χ2n) is 3.28. The van der Waals surface area contributed by atoms with Gasteiger partial charge in [0.2, 0.25) is 0 Å². The van der Waals surface area contributed by atoms with Gasteiger partial charge in [-0.1, -0.05) is 11.6 Å². The molecule has 0 saturated heterocycles. The van der Waals surface area contributed by atoms with Crippen LogP contribution in [0.5, 0.6) is 0 Å². The van der Waals surface area contributed by atoms with Crippen LogP contribution in [0.4, 0.5) is 22.0 Å². The number of carbonyl (C=O) groups is 1. The van der Waals surface area contributed by atoms with Crippen LogP contribution in [-0.2, 0) is 10.9 Å². The molecular weight excluding hydrogens is 297 g/mol. The summed E-state index contributed by atoms with van der Waals surface area (Å²) in [6, 6.07) is 0.486. The lowest BCUT2D eigenvalue weighted by Gasteiger charge is -2.13. The van der Waals surface area contributed by atoms with Crippen LogP contribution < -0.4 is 0 Å². The summed E-state index contributed by atoms with van der Waals surface area (Å²) in [5.74, 6) is -1.23. The summed E-state index contributed by atoms with van der Waals surface area (Å²) < 4.78 is 67.3. The highest BCUT2D eigenvalue weighted by Crippen LogP contribution is 2.38. The van der Waals surface area contributed by atoms with Crippen molar-refractivity contribution in [2.45, 2.75) is 19.5 Å². The topological polar surface area (TPSA) is 39.2 Å². The molecule has 0 aliphatic carbocycles. The van der Waals surface area contributed by atoms with Gasteiger partial charge < -0.3 is 4.74 Å². The molecule has 0 radical (unpaired) electrons. The summed E-state index contributed by atoms with van der Waals surface area (Å²) in [4.78, 5) is 14.2. The lowest BCUT2D eigenvalue weighted by Crippen LogP contribution is -2.16. The third kappa shape index (κ3) is 3.52. The van der Waals surface area contributed by atoms with Gasteiger partial charge in [-0.3, -0.25) is 0 Å². The first-order valence-electron chi connectivity index (χ1n) is 4.91. The number of ether oxygens (including phenoxy) is 1. The number of carbonyl (C=O) groups excluding carboxylic acids is 1. The molecule has 0 spiro atoms. The van der Waals surface area contributed by atoms with Crippen LogP contribution in [0.3, 0.4) is 0 Å². The van der Waals surface area contributed by atoms with E-state index in [0.29, 0.717) is 6.07 Å². The van der Waals surface area contributed by atoms with Gasteiger partial charge in [0.05, 0.1) is 11.6 Å². The van der Waals surface area contributed by atoms with Crippen LogP contribution in [0.15, 0.2) is 6.07 Å². The van der Waals surface area contributed by atoms with E-state index >= 15 is 0 Å². The summed E-state index contributed by atoms with van der Waals surface area (Å²) in [5.41, 5.74) is -3.73. The van der Waals surface area contributed by atoms with Crippen LogP contribution >= 0.6 is 11.6 Å². The predicted molar refractivity (Wildman–Crippen MR) is 55.2 cm³/mol. The Morgan fingerprint density at radius 1 is 1.47 bits per heavy atom. The first kappa shape index (κ1) is 15.6. The molecule has 1 rings (SSSR count). The molecule has 0 aliphatic rings. The number of halogens is 6. The maximum absolute atomic E-state index is 12.6.